The maximum atomic E-state index is 13.1. The molecule has 0 spiro atoms. The number of halogens is 2. The largest absolute Gasteiger partial charge is 0.324 e. The van der Waals surface area contributed by atoms with E-state index in [9.17, 15) is 8.78 Å². The number of nitrogens with two attached hydrogens (primary N) is 1. The fourth-order valence-corrected chi connectivity index (χ4v) is 4.03. The van der Waals surface area contributed by atoms with Gasteiger partial charge in [0.25, 0.3) is 0 Å². The Kier molecular flexibility index (Phi) is 1.61. The maximum Gasteiger partial charge on any atom is 0.248 e. The zero-order valence-electron chi connectivity index (χ0n) is 8.31. The van der Waals surface area contributed by atoms with Gasteiger partial charge >= 0.3 is 0 Å². The summed E-state index contributed by atoms with van der Waals surface area (Å²) < 4.78 is 26.1. The average Bonchev–Trinajstić information content (AvgIpc) is 2.60. The molecule has 0 aromatic carbocycles. The van der Waals surface area contributed by atoms with Crippen molar-refractivity contribution in [2.24, 2.45) is 23.5 Å². The Balaban J connectivity index is 1.73. The Morgan fingerprint density at radius 1 is 1.07 bits per heavy atom. The van der Waals surface area contributed by atoms with Gasteiger partial charge in [0.15, 0.2) is 0 Å². The molecule has 0 aromatic rings. The van der Waals surface area contributed by atoms with Crippen LogP contribution in [-0.2, 0) is 0 Å². The molecule has 14 heavy (non-hydrogen) atoms. The predicted molar refractivity (Wildman–Crippen MR) is 50.0 cm³/mol. The number of alkyl halides is 2. The van der Waals surface area contributed by atoms with Crippen LogP contribution in [0.4, 0.5) is 8.78 Å². The van der Waals surface area contributed by atoms with Crippen molar-refractivity contribution >= 4 is 0 Å². The summed E-state index contributed by atoms with van der Waals surface area (Å²) in [6.45, 7) is 0. The molecule has 0 radical (unpaired) electrons. The van der Waals surface area contributed by atoms with Crippen LogP contribution in [0.25, 0.3) is 0 Å². The molecule has 3 rings (SSSR count). The van der Waals surface area contributed by atoms with E-state index in [0.29, 0.717) is 18.3 Å². The van der Waals surface area contributed by atoms with Gasteiger partial charge in [-0.3, -0.25) is 0 Å². The standard InChI is InChI=1S/C11H17F2N/c12-10(13)5-4-7(6-10)11(14)8-2-1-3-9(8)11/h7-9H,1-6,14H2. The molecule has 0 amide bonds. The van der Waals surface area contributed by atoms with Gasteiger partial charge in [0, 0.05) is 18.4 Å². The summed E-state index contributed by atoms with van der Waals surface area (Å²) in [5.41, 5.74) is 6.11. The molecule has 3 unspecified atom stereocenters. The van der Waals surface area contributed by atoms with Gasteiger partial charge in [-0.1, -0.05) is 6.42 Å². The van der Waals surface area contributed by atoms with E-state index >= 15 is 0 Å². The van der Waals surface area contributed by atoms with Gasteiger partial charge < -0.3 is 5.73 Å². The second-order valence-electron chi connectivity index (χ2n) is 5.44. The van der Waals surface area contributed by atoms with Crippen LogP contribution >= 0.6 is 0 Å². The first kappa shape index (κ1) is 9.08. The molecule has 3 atom stereocenters. The maximum absolute atomic E-state index is 13.1. The van der Waals surface area contributed by atoms with Crippen LogP contribution in [0.15, 0.2) is 0 Å². The minimum Gasteiger partial charge on any atom is -0.324 e. The van der Waals surface area contributed by atoms with Gasteiger partial charge in [-0.15, -0.1) is 0 Å². The first-order valence-electron chi connectivity index (χ1n) is 5.71. The van der Waals surface area contributed by atoms with Crippen molar-refractivity contribution < 1.29 is 8.78 Å². The SMILES string of the molecule is NC1(C2CCC(F)(F)C2)C2CCCC21. The monoisotopic (exact) mass is 201 g/mol. The number of hydrogen-bond acceptors (Lipinski definition) is 1. The molecular weight excluding hydrogens is 184 g/mol. The number of rotatable bonds is 1. The minimum atomic E-state index is -2.42. The smallest absolute Gasteiger partial charge is 0.248 e. The van der Waals surface area contributed by atoms with Crippen LogP contribution in [-0.4, -0.2) is 11.5 Å². The molecule has 1 nitrogen and oxygen atoms in total. The lowest BCUT2D eigenvalue weighted by Crippen LogP contribution is -2.37. The van der Waals surface area contributed by atoms with Crippen molar-refractivity contribution in [3.8, 4) is 0 Å². The summed E-state index contributed by atoms with van der Waals surface area (Å²) in [4.78, 5) is 0. The lowest BCUT2D eigenvalue weighted by Gasteiger charge is -2.23. The Morgan fingerprint density at radius 3 is 2.21 bits per heavy atom. The first-order valence-corrected chi connectivity index (χ1v) is 5.71. The third-order valence-corrected chi connectivity index (χ3v) is 4.80. The Hall–Kier alpha value is -0.180. The van der Waals surface area contributed by atoms with Crippen LogP contribution in [0.1, 0.15) is 38.5 Å². The van der Waals surface area contributed by atoms with Crippen LogP contribution in [0.3, 0.4) is 0 Å². The summed E-state index contributed by atoms with van der Waals surface area (Å²) in [5, 5.41) is 0. The van der Waals surface area contributed by atoms with Crippen molar-refractivity contribution in [3.63, 3.8) is 0 Å². The summed E-state index contributed by atoms with van der Waals surface area (Å²) in [6, 6.07) is 0. The van der Waals surface area contributed by atoms with Crippen molar-refractivity contribution in [2.45, 2.75) is 50.0 Å². The van der Waals surface area contributed by atoms with Crippen molar-refractivity contribution in [2.75, 3.05) is 0 Å². The average molecular weight is 201 g/mol. The molecule has 3 heteroatoms. The van der Waals surface area contributed by atoms with Crippen LogP contribution in [0.2, 0.25) is 0 Å². The van der Waals surface area contributed by atoms with E-state index in [1.54, 1.807) is 0 Å². The first-order chi connectivity index (χ1) is 6.54. The fourth-order valence-electron chi connectivity index (χ4n) is 4.03. The van der Waals surface area contributed by atoms with E-state index < -0.39 is 5.92 Å². The molecule has 0 saturated heterocycles. The van der Waals surface area contributed by atoms with Crippen LogP contribution in [0, 0.1) is 17.8 Å². The zero-order valence-corrected chi connectivity index (χ0v) is 8.31. The van der Waals surface area contributed by atoms with Gasteiger partial charge in [0.2, 0.25) is 5.92 Å². The predicted octanol–water partition coefficient (Wildman–Crippen LogP) is 2.55. The molecule has 80 valence electrons. The number of hydrogen-bond donors (Lipinski definition) is 1. The van der Waals surface area contributed by atoms with Gasteiger partial charge in [-0.25, -0.2) is 8.78 Å². The zero-order chi connectivity index (χ0) is 9.97. The van der Waals surface area contributed by atoms with E-state index in [1.807, 2.05) is 0 Å². The van der Waals surface area contributed by atoms with Crippen molar-refractivity contribution in [1.29, 1.82) is 0 Å². The molecule has 3 saturated carbocycles. The molecular formula is C11H17F2N. The summed E-state index contributed by atoms with van der Waals surface area (Å²) in [5.74, 6) is -1.15. The fraction of sp³-hybridized carbons (Fsp3) is 1.00. The molecule has 0 aliphatic heterocycles. The normalized spacial score (nSPS) is 54.6. The van der Waals surface area contributed by atoms with E-state index in [4.69, 9.17) is 5.73 Å². The highest BCUT2D eigenvalue weighted by Gasteiger charge is 2.68. The third kappa shape index (κ3) is 1.02. The molecule has 3 fully saturated rings. The third-order valence-electron chi connectivity index (χ3n) is 4.80. The lowest BCUT2D eigenvalue weighted by atomic mass is 9.89. The molecule has 0 aromatic heterocycles. The Labute approximate surface area is 83.0 Å². The van der Waals surface area contributed by atoms with Crippen LogP contribution < -0.4 is 5.73 Å². The lowest BCUT2D eigenvalue weighted by molar-refractivity contribution is 0.00267. The summed E-state index contributed by atoms with van der Waals surface area (Å²) >= 11 is 0. The van der Waals surface area contributed by atoms with E-state index in [-0.39, 0.29) is 24.3 Å². The minimum absolute atomic E-state index is 0.0521. The molecule has 2 N–H and O–H groups in total. The quantitative estimate of drug-likeness (QED) is 0.693. The van der Waals surface area contributed by atoms with Crippen molar-refractivity contribution in [1.82, 2.24) is 0 Å². The van der Waals surface area contributed by atoms with Gasteiger partial charge in [0.1, 0.15) is 0 Å². The summed E-state index contributed by atoms with van der Waals surface area (Å²) in [7, 11) is 0. The highest BCUT2D eigenvalue weighted by atomic mass is 19.3. The Bertz CT molecular complexity index is 254. The molecule has 3 aliphatic carbocycles. The van der Waals surface area contributed by atoms with Crippen molar-refractivity contribution in [3.05, 3.63) is 0 Å². The van der Waals surface area contributed by atoms with Crippen LogP contribution in [0.5, 0.6) is 0 Å². The molecule has 0 bridgehead atoms. The van der Waals surface area contributed by atoms with E-state index in [2.05, 4.69) is 0 Å². The highest BCUT2D eigenvalue weighted by molar-refractivity contribution is 5.22. The van der Waals surface area contributed by atoms with E-state index in [0.717, 1.165) is 0 Å². The second kappa shape index (κ2) is 2.49. The molecule has 3 aliphatic rings. The topological polar surface area (TPSA) is 26.0 Å². The van der Waals surface area contributed by atoms with Gasteiger partial charge in [-0.2, -0.15) is 0 Å². The Morgan fingerprint density at radius 2 is 1.71 bits per heavy atom. The highest BCUT2D eigenvalue weighted by Crippen LogP contribution is 2.65. The van der Waals surface area contributed by atoms with Gasteiger partial charge in [0.05, 0.1) is 0 Å². The summed E-state index contributed by atoms with van der Waals surface area (Å²) in [6.07, 6.45) is 4.40. The van der Waals surface area contributed by atoms with Gasteiger partial charge in [-0.05, 0) is 37.0 Å². The molecule has 0 heterocycles. The van der Waals surface area contributed by atoms with E-state index in [1.165, 1.54) is 19.3 Å². The second-order valence-corrected chi connectivity index (χ2v) is 5.44. The number of fused-ring (bicyclic) bond motifs is 1.